The van der Waals surface area contributed by atoms with E-state index >= 15 is 0 Å². The van der Waals surface area contributed by atoms with Crippen LogP contribution in [0.4, 0.5) is 0 Å². The van der Waals surface area contributed by atoms with Crippen molar-refractivity contribution >= 4 is 33.0 Å². The molecule has 1 aliphatic heterocycles. The molecule has 4 nitrogen and oxygen atoms in total. The second kappa shape index (κ2) is 10.0. The Morgan fingerprint density at radius 3 is 2.52 bits per heavy atom. The number of fused-ring (bicyclic) bond motifs is 1. The van der Waals surface area contributed by atoms with Gasteiger partial charge in [-0.25, -0.2) is 0 Å². The number of aliphatic hydroxyl groups excluding tert-OH is 1. The molecule has 1 fully saturated rings. The van der Waals surface area contributed by atoms with E-state index in [4.69, 9.17) is 16.3 Å². The van der Waals surface area contributed by atoms with Crippen molar-refractivity contribution in [2.75, 3.05) is 39.3 Å². The number of nitrogens with zero attached hydrogens (tertiary/aromatic N) is 2. The predicted molar refractivity (Wildman–Crippen MR) is 121 cm³/mol. The minimum absolute atomic E-state index is 0.326. The number of hydrogen-bond donors (Lipinski definition) is 1. The summed E-state index contributed by atoms with van der Waals surface area (Å²) in [6.07, 6.45) is -0.482. The normalized spacial score (nSPS) is 17.0. The number of β-amino-alcohol motifs (C(OH)–C–C–N with tert-alkyl or cyclic N) is 1. The van der Waals surface area contributed by atoms with Gasteiger partial charge in [0.05, 0.1) is 19.3 Å². The molecule has 1 saturated heterocycles. The van der Waals surface area contributed by atoms with Crippen LogP contribution in [0.25, 0.3) is 10.1 Å². The van der Waals surface area contributed by atoms with Crippen LogP contribution in [0.15, 0.2) is 53.9 Å². The lowest BCUT2D eigenvalue weighted by molar-refractivity contribution is 0.000926. The lowest BCUT2D eigenvalue weighted by Gasteiger charge is -2.35. The Hall–Kier alpha value is -1.47. The van der Waals surface area contributed by atoms with Crippen molar-refractivity contribution in [3.8, 4) is 0 Å². The number of thiophene rings is 1. The van der Waals surface area contributed by atoms with E-state index in [9.17, 15) is 5.11 Å². The van der Waals surface area contributed by atoms with Crippen molar-refractivity contribution < 1.29 is 9.84 Å². The maximum Gasteiger partial charge on any atom is 0.0900 e. The lowest BCUT2D eigenvalue weighted by atomic mass is 10.1. The fourth-order valence-electron chi connectivity index (χ4n) is 3.80. The fraction of sp³-hybridized carbons (Fsp3) is 0.391. The highest BCUT2D eigenvalue weighted by atomic mass is 35.5. The number of aliphatic hydroxyl groups is 1. The number of benzene rings is 2. The number of rotatable bonds is 8. The topological polar surface area (TPSA) is 35.9 Å². The van der Waals surface area contributed by atoms with Crippen LogP contribution < -0.4 is 0 Å². The molecule has 1 N–H and O–H groups in total. The summed E-state index contributed by atoms with van der Waals surface area (Å²) < 4.78 is 7.03. The van der Waals surface area contributed by atoms with Crippen LogP contribution in [0.5, 0.6) is 0 Å². The summed E-state index contributed by atoms with van der Waals surface area (Å²) in [5, 5.41) is 14.7. The van der Waals surface area contributed by atoms with Crippen molar-refractivity contribution in [3.05, 3.63) is 70.1 Å². The van der Waals surface area contributed by atoms with Gasteiger partial charge in [-0.15, -0.1) is 11.3 Å². The van der Waals surface area contributed by atoms with Crippen molar-refractivity contribution in [1.82, 2.24) is 9.80 Å². The summed E-state index contributed by atoms with van der Waals surface area (Å²) in [6.45, 7) is 6.41. The molecule has 3 aromatic rings. The Balaban J connectivity index is 1.18. The lowest BCUT2D eigenvalue weighted by Crippen LogP contribution is -2.48. The fourth-order valence-corrected chi connectivity index (χ4v) is 4.94. The molecule has 154 valence electrons. The van der Waals surface area contributed by atoms with Gasteiger partial charge in [-0.05, 0) is 34.0 Å². The van der Waals surface area contributed by atoms with Gasteiger partial charge in [-0.2, -0.15) is 0 Å². The molecule has 6 heteroatoms. The van der Waals surface area contributed by atoms with Crippen LogP contribution in [0.1, 0.15) is 11.1 Å². The molecule has 4 rings (SSSR count). The van der Waals surface area contributed by atoms with E-state index in [1.54, 1.807) is 0 Å². The minimum atomic E-state index is -0.482. The smallest absolute Gasteiger partial charge is 0.0900 e. The highest BCUT2D eigenvalue weighted by Crippen LogP contribution is 2.27. The van der Waals surface area contributed by atoms with Crippen molar-refractivity contribution in [1.29, 1.82) is 0 Å². The van der Waals surface area contributed by atoms with E-state index < -0.39 is 6.10 Å². The molecule has 2 aromatic carbocycles. The number of piperazine rings is 1. The molecular weight excluding hydrogens is 404 g/mol. The summed E-state index contributed by atoms with van der Waals surface area (Å²) in [6, 6.07) is 16.3. The average molecular weight is 431 g/mol. The SMILES string of the molecule is OC(COCc1ccccc1Cl)CN1CCN(Cc2csc3ccccc23)CC1. The third-order valence-corrected chi connectivity index (χ3v) is 6.80. The molecule has 1 aromatic heterocycles. The third kappa shape index (κ3) is 5.57. The molecule has 0 spiro atoms. The Morgan fingerprint density at radius 1 is 0.966 bits per heavy atom. The quantitative estimate of drug-likeness (QED) is 0.579. The standard InChI is InChI=1S/C23H27ClN2O2S/c24-22-7-3-1-5-18(22)15-28-16-20(27)14-26-11-9-25(10-12-26)13-19-17-29-23-8-4-2-6-21(19)23/h1-8,17,20,27H,9-16H2. The van der Waals surface area contributed by atoms with Gasteiger partial charge in [0.1, 0.15) is 0 Å². The Morgan fingerprint density at radius 2 is 1.69 bits per heavy atom. The molecule has 2 heterocycles. The Bertz CT molecular complexity index is 924. The number of hydrogen-bond acceptors (Lipinski definition) is 5. The van der Waals surface area contributed by atoms with Gasteiger partial charge < -0.3 is 9.84 Å². The highest BCUT2D eigenvalue weighted by molar-refractivity contribution is 7.17. The monoisotopic (exact) mass is 430 g/mol. The first-order chi connectivity index (χ1) is 14.2. The molecule has 29 heavy (non-hydrogen) atoms. The van der Waals surface area contributed by atoms with Gasteiger partial charge in [0.25, 0.3) is 0 Å². The van der Waals surface area contributed by atoms with E-state index in [0.717, 1.165) is 38.3 Å². The summed E-state index contributed by atoms with van der Waals surface area (Å²) >= 11 is 7.96. The minimum Gasteiger partial charge on any atom is -0.389 e. The zero-order valence-electron chi connectivity index (χ0n) is 16.5. The van der Waals surface area contributed by atoms with E-state index in [0.29, 0.717) is 24.8 Å². The molecule has 1 aliphatic rings. The van der Waals surface area contributed by atoms with Crippen LogP contribution in [-0.2, 0) is 17.9 Å². The zero-order chi connectivity index (χ0) is 20.1. The molecular formula is C23H27ClN2O2S. The van der Waals surface area contributed by atoms with Gasteiger partial charge in [-0.3, -0.25) is 9.80 Å². The maximum atomic E-state index is 10.3. The predicted octanol–water partition coefficient (Wildman–Crippen LogP) is 4.25. The van der Waals surface area contributed by atoms with Crippen LogP contribution >= 0.6 is 22.9 Å². The van der Waals surface area contributed by atoms with E-state index in [-0.39, 0.29) is 0 Å². The average Bonchev–Trinajstić information content (AvgIpc) is 3.14. The molecule has 1 atom stereocenters. The molecule has 1 unspecified atom stereocenters. The summed E-state index contributed by atoms with van der Waals surface area (Å²) in [7, 11) is 0. The molecule has 0 aliphatic carbocycles. The van der Waals surface area contributed by atoms with Crippen LogP contribution in [0.2, 0.25) is 5.02 Å². The molecule has 0 saturated carbocycles. The summed E-state index contributed by atoms with van der Waals surface area (Å²) in [5.74, 6) is 0. The summed E-state index contributed by atoms with van der Waals surface area (Å²) in [4.78, 5) is 4.83. The van der Waals surface area contributed by atoms with Crippen molar-refractivity contribution in [2.24, 2.45) is 0 Å². The largest absolute Gasteiger partial charge is 0.389 e. The number of ether oxygens (including phenoxy) is 1. The van der Waals surface area contributed by atoms with Crippen LogP contribution in [-0.4, -0.2) is 60.3 Å². The second-order valence-electron chi connectivity index (χ2n) is 7.59. The molecule has 0 amide bonds. The van der Waals surface area contributed by atoms with Gasteiger partial charge in [0.15, 0.2) is 0 Å². The first kappa shape index (κ1) is 20.8. The zero-order valence-corrected chi connectivity index (χ0v) is 18.0. The number of halogens is 1. The highest BCUT2D eigenvalue weighted by Gasteiger charge is 2.20. The Kier molecular flexibility index (Phi) is 7.19. The first-order valence-corrected chi connectivity index (χ1v) is 11.3. The van der Waals surface area contributed by atoms with E-state index in [1.807, 2.05) is 35.6 Å². The summed E-state index contributed by atoms with van der Waals surface area (Å²) in [5.41, 5.74) is 2.38. The van der Waals surface area contributed by atoms with Gasteiger partial charge in [0.2, 0.25) is 0 Å². The third-order valence-electron chi connectivity index (χ3n) is 5.41. The van der Waals surface area contributed by atoms with Gasteiger partial charge in [0, 0.05) is 49.0 Å². The van der Waals surface area contributed by atoms with Crippen LogP contribution in [0, 0.1) is 0 Å². The maximum absolute atomic E-state index is 10.3. The first-order valence-electron chi connectivity index (χ1n) is 10.1. The van der Waals surface area contributed by atoms with E-state index in [1.165, 1.54) is 15.6 Å². The van der Waals surface area contributed by atoms with E-state index in [2.05, 4.69) is 39.4 Å². The Labute approximate surface area is 181 Å². The second-order valence-corrected chi connectivity index (χ2v) is 8.91. The molecule has 0 radical (unpaired) electrons. The van der Waals surface area contributed by atoms with Crippen LogP contribution in [0.3, 0.4) is 0 Å². The van der Waals surface area contributed by atoms with Gasteiger partial charge in [-0.1, -0.05) is 48.0 Å². The van der Waals surface area contributed by atoms with Crippen molar-refractivity contribution in [2.45, 2.75) is 19.3 Å². The van der Waals surface area contributed by atoms with Crippen molar-refractivity contribution in [3.63, 3.8) is 0 Å². The molecule has 0 bridgehead atoms. The van der Waals surface area contributed by atoms with Gasteiger partial charge >= 0.3 is 0 Å².